The van der Waals surface area contributed by atoms with Crippen LogP contribution in [0.25, 0.3) is 0 Å². The van der Waals surface area contributed by atoms with Crippen LogP contribution in [0, 0.1) is 5.41 Å². The van der Waals surface area contributed by atoms with Crippen molar-refractivity contribution in [1.29, 1.82) is 0 Å². The summed E-state index contributed by atoms with van der Waals surface area (Å²) in [6, 6.07) is 8.90. The fraction of sp³-hybridized carbons (Fsp3) is 0.591. The Balaban J connectivity index is 1.37. The van der Waals surface area contributed by atoms with Gasteiger partial charge in [-0.25, -0.2) is 0 Å². The van der Waals surface area contributed by atoms with E-state index in [4.69, 9.17) is 0 Å². The molecule has 2 N–H and O–H groups in total. The first-order chi connectivity index (χ1) is 13.6. The molecule has 1 spiro atoms. The van der Waals surface area contributed by atoms with E-state index in [1.54, 1.807) is 17.0 Å². The van der Waals surface area contributed by atoms with Crippen molar-refractivity contribution in [2.75, 3.05) is 13.1 Å². The second kappa shape index (κ2) is 7.94. The SMILES string of the molecule is O=C(NC1CCCCCC1)[C@@H]1C[C@]2(CCN(C(=O)c3ccccc3)C2)C(=O)N1. The maximum atomic E-state index is 12.7. The molecule has 1 saturated carbocycles. The van der Waals surface area contributed by atoms with E-state index in [1.807, 2.05) is 18.2 Å². The van der Waals surface area contributed by atoms with Gasteiger partial charge in [0, 0.05) is 24.7 Å². The third kappa shape index (κ3) is 3.77. The molecule has 3 fully saturated rings. The topological polar surface area (TPSA) is 78.5 Å². The van der Waals surface area contributed by atoms with Crippen molar-refractivity contribution < 1.29 is 14.4 Å². The zero-order valence-corrected chi connectivity index (χ0v) is 16.3. The third-order valence-electron chi connectivity index (χ3n) is 6.56. The van der Waals surface area contributed by atoms with Crippen LogP contribution in [-0.2, 0) is 9.59 Å². The number of carbonyl (C=O) groups excluding carboxylic acids is 3. The number of hydrogen-bond donors (Lipinski definition) is 2. The summed E-state index contributed by atoms with van der Waals surface area (Å²) in [6.07, 6.45) is 7.92. The lowest BCUT2D eigenvalue weighted by atomic mass is 9.83. The van der Waals surface area contributed by atoms with Gasteiger partial charge in [0.25, 0.3) is 5.91 Å². The van der Waals surface area contributed by atoms with Crippen LogP contribution >= 0.6 is 0 Å². The number of amides is 3. The fourth-order valence-electron chi connectivity index (χ4n) is 4.89. The average molecular weight is 383 g/mol. The lowest BCUT2D eigenvalue weighted by Crippen LogP contribution is -2.45. The molecule has 28 heavy (non-hydrogen) atoms. The van der Waals surface area contributed by atoms with Gasteiger partial charge >= 0.3 is 0 Å². The first-order valence-electron chi connectivity index (χ1n) is 10.5. The van der Waals surface area contributed by atoms with Crippen molar-refractivity contribution >= 4 is 17.7 Å². The quantitative estimate of drug-likeness (QED) is 0.786. The molecule has 0 radical (unpaired) electrons. The van der Waals surface area contributed by atoms with Gasteiger partial charge in [0.15, 0.2) is 0 Å². The highest BCUT2D eigenvalue weighted by molar-refractivity contribution is 5.97. The Kier molecular flexibility index (Phi) is 5.38. The molecule has 0 bridgehead atoms. The number of nitrogens with zero attached hydrogens (tertiary/aromatic N) is 1. The number of likely N-dealkylation sites (tertiary alicyclic amines) is 1. The van der Waals surface area contributed by atoms with Crippen LogP contribution in [0.15, 0.2) is 30.3 Å². The van der Waals surface area contributed by atoms with Crippen LogP contribution < -0.4 is 10.6 Å². The molecule has 1 aliphatic carbocycles. The Labute approximate surface area is 166 Å². The molecular formula is C22H29N3O3. The molecule has 150 valence electrons. The molecule has 2 aliphatic heterocycles. The summed E-state index contributed by atoms with van der Waals surface area (Å²) < 4.78 is 0. The largest absolute Gasteiger partial charge is 0.352 e. The highest BCUT2D eigenvalue weighted by Gasteiger charge is 2.53. The lowest BCUT2D eigenvalue weighted by molar-refractivity contribution is -0.128. The summed E-state index contributed by atoms with van der Waals surface area (Å²) in [5, 5.41) is 6.06. The summed E-state index contributed by atoms with van der Waals surface area (Å²) in [6.45, 7) is 0.942. The Morgan fingerprint density at radius 2 is 1.79 bits per heavy atom. The summed E-state index contributed by atoms with van der Waals surface area (Å²) in [5.74, 6) is -0.196. The highest BCUT2D eigenvalue weighted by Crippen LogP contribution is 2.40. The molecule has 0 aromatic heterocycles. The van der Waals surface area contributed by atoms with E-state index in [9.17, 15) is 14.4 Å². The number of hydrogen-bond acceptors (Lipinski definition) is 3. The average Bonchev–Trinajstić information content (AvgIpc) is 3.18. The summed E-state index contributed by atoms with van der Waals surface area (Å²) >= 11 is 0. The predicted octanol–water partition coefficient (Wildman–Crippen LogP) is 2.25. The van der Waals surface area contributed by atoms with Gasteiger partial charge in [0.2, 0.25) is 11.8 Å². The van der Waals surface area contributed by atoms with E-state index in [0.29, 0.717) is 31.5 Å². The van der Waals surface area contributed by atoms with Gasteiger partial charge in [-0.3, -0.25) is 14.4 Å². The minimum absolute atomic E-state index is 0.0448. The highest BCUT2D eigenvalue weighted by atomic mass is 16.2. The predicted molar refractivity (Wildman–Crippen MR) is 106 cm³/mol. The normalized spacial score (nSPS) is 28.2. The molecular weight excluding hydrogens is 354 g/mol. The van der Waals surface area contributed by atoms with Gasteiger partial charge in [-0.1, -0.05) is 43.9 Å². The second-order valence-electron chi connectivity index (χ2n) is 8.55. The zero-order valence-electron chi connectivity index (χ0n) is 16.3. The Bertz CT molecular complexity index is 743. The van der Waals surface area contributed by atoms with Crippen LogP contribution in [0.5, 0.6) is 0 Å². The van der Waals surface area contributed by atoms with E-state index in [1.165, 1.54) is 12.8 Å². The summed E-state index contributed by atoms with van der Waals surface area (Å²) in [4.78, 5) is 39.9. The molecule has 0 unspecified atom stereocenters. The number of benzene rings is 1. The lowest BCUT2D eigenvalue weighted by Gasteiger charge is -2.22. The smallest absolute Gasteiger partial charge is 0.253 e. The van der Waals surface area contributed by atoms with Crippen LogP contribution in [-0.4, -0.2) is 47.8 Å². The molecule has 1 aromatic rings. The van der Waals surface area contributed by atoms with Gasteiger partial charge in [-0.2, -0.15) is 0 Å². The third-order valence-corrected chi connectivity index (χ3v) is 6.56. The molecule has 4 rings (SSSR count). The summed E-state index contributed by atoms with van der Waals surface area (Å²) in [5.41, 5.74) is 0.0104. The number of carbonyl (C=O) groups is 3. The van der Waals surface area contributed by atoms with Gasteiger partial charge in [0.05, 0.1) is 5.41 Å². The zero-order chi connectivity index (χ0) is 19.6. The van der Waals surface area contributed by atoms with Gasteiger partial charge < -0.3 is 15.5 Å². The molecule has 3 aliphatic rings. The maximum absolute atomic E-state index is 12.7. The standard InChI is InChI=1S/C22H29N3O3/c26-19(23-17-10-6-1-2-7-11-17)18-14-22(21(28)24-18)12-13-25(15-22)20(27)16-8-4-3-5-9-16/h3-5,8-9,17-18H,1-2,6-7,10-15H2,(H,23,26)(H,24,28)/t18-,22-/m0/s1. The van der Waals surface area contributed by atoms with Crippen LogP contribution in [0.4, 0.5) is 0 Å². The Morgan fingerprint density at radius 1 is 1.07 bits per heavy atom. The number of nitrogens with one attached hydrogen (secondary N) is 2. The molecule has 3 amide bonds. The van der Waals surface area contributed by atoms with Gasteiger partial charge in [-0.05, 0) is 37.8 Å². The van der Waals surface area contributed by atoms with Crippen LogP contribution in [0.1, 0.15) is 61.7 Å². The van der Waals surface area contributed by atoms with Crippen molar-refractivity contribution in [3.8, 4) is 0 Å². The van der Waals surface area contributed by atoms with E-state index < -0.39 is 11.5 Å². The van der Waals surface area contributed by atoms with E-state index in [2.05, 4.69) is 10.6 Å². The second-order valence-corrected chi connectivity index (χ2v) is 8.55. The molecule has 2 saturated heterocycles. The van der Waals surface area contributed by atoms with Crippen molar-refractivity contribution in [1.82, 2.24) is 15.5 Å². The Morgan fingerprint density at radius 3 is 2.50 bits per heavy atom. The van der Waals surface area contributed by atoms with Gasteiger partial charge in [-0.15, -0.1) is 0 Å². The first kappa shape index (κ1) is 19.0. The van der Waals surface area contributed by atoms with Crippen LogP contribution in [0.2, 0.25) is 0 Å². The first-order valence-corrected chi connectivity index (χ1v) is 10.5. The van der Waals surface area contributed by atoms with E-state index >= 15 is 0 Å². The van der Waals surface area contributed by atoms with Crippen molar-refractivity contribution in [3.05, 3.63) is 35.9 Å². The minimum atomic E-state index is -0.629. The maximum Gasteiger partial charge on any atom is 0.253 e. The molecule has 6 heteroatoms. The van der Waals surface area contributed by atoms with Crippen molar-refractivity contribution in [3.63, 3.8) is 0 Å². The van der Waals surface area contributed by atoms with Crippen molar-refractivity contribution in [2.24, 2.45) is 5.41 Å². The monoisotopic (exact) mass is 383 g/mol. The minimum Gasteiger partial charge on any atom is -0.352 e. The fourth-order valence-corrected chi connectivity index (χ4v) is 4.89. The van der Waals surface area contributed by atoms with E-state index in [-0.39, 0.29) is 23.8 Å². The molecule has 2 heterocycles. The Hall–Kier alpha value is -2.37. The molecule has 1 aromatic carbocycles. The molecule has 2 atom stereocenters. The van der Waals surface area contributed by atoms with E-state index in [0.717, 1.165) is 25.7 Å². The van der Waals surface area contributed by atoms with Gasteiger partial charge in [0.1, 0.15) is 6.04 Å². The van der Waals surface area contributed by atoms with Crippen LogP contribution in [0.3, 0.4) is 0 Å². The molecule has 6 nitrogen and oxygen atoms in total. The summed E-state index contributed by atoms with van der Waals surface area (Å²) in [7, 11) is 0. The number of rotatable bonds is 3. The van der Waals surface area contributed by atoms with Crippen molar-refractivity contribution in [2.45, 2.75) is 63.5 Å².